The van der Waals surface area contributed by atoms with E-state index < -0.39 is 23.5 Å². The van der Waals surface area contributed by atoms with Gasteiger partial charge in [0.1, 0.15) is 17.6 Å². The minimum absolute atomic E-state index is 0.0449. The van der Waals surface area contributed by atoms with Crippen molar-refractivity contribution in [1.29, 1.82) is 5.41 Å². The molecule has 1 atom stereocenters. The van der Waals surface area contributed by atoms with Crippen LogP contribution in [0.2, 0.25) is 0 Å². The lowest BCUT2D eigenvalue weighted by atomic mass is 10.0. The highest BCUT2D eigenvalue weighted by molar-refractivity contribution is 5.98. The van der Waals surface area contributed by atoms with Gasteiger partial charge in [0.15, 0.2) is 17.4 Å². The lowest BCUT2D eigenvalue weighted by molar-refractivity contribution is -0.131. The van der Waals surface area contributed by atoms with Gasteiger partial charge >= 0.3 is 11.7 Å². The second-order valence-corrected chi connectivity index (χ2v) is 8.20. The van der Waals surface area contributed by atoms with E-state index in [0.717, 1.165) is 4.68 Å². The number of benzene rings is 2. The van der Waals surface area contributed by atoms with Crippen molar-refractivity contribution in [3.8, 4) is 17.4 Å². The molecule has 2 aromatic heterocycles. The molecular weight excluding hydrogens is 511 g/mol. The van der Waals surface area contributed by atoms with E-state index in [0.29, 0.717) is 11.3 Å². The van der Waals surface area contributed by atoms with Gasteiger partial charge < -0.3 is 25.3 Å². The molecule has 0 aliphatic rings. The van der Waals surface area contributed by atoms with Crippen LogP contribution < -0.4 is 26.2 Å². The van der Waals surface area contributed by atoms with Gasteiger partial charge in [0.05, 0.1) is 19.3 Å². The first kappa shape index (κ1) is 26.9. The Kier molecular flexibility index (Phi) is 7.96. The lowest BCUT2D eigenvalue weighted by Crippen LogP contribution is -2.18. The monoisotopic (exact) mass is 536 g/mol. The van der Waals surface area contributed by atoms with Gasteiger partial charge in [-0.05, 0) is 35.9 Å². The lowest BCUT2D eigenvalue weighted by Gasteiger charge is -2.21. The zero-order valence-electron chi connectivity index (χ0n) is 21.2. The summed E-state index contributed by atoms with van der Waals surface area (Å²) in [6, 6.07) is 8.29. The summed E-state index contributed by atoms with van der Waals surface area (Å²) >= 11 is 0. The van der Waals surface area contributed by atoms with Gasteiger partial charge in [0.25, 0.3) is 5.95 Å². The van der Waals surface area contributed by atoms with Crippen molar-refractivity contribution in [1.82, 2.24) is 24.7 Å². The third-order valence-electron chi connectivity index (χ3n) is 5.48. The summed E-state index contributed by atoms with van der Waals surface area (Å²) < 4.78 is 31.5. The molecule has 0 radical (unpaired) electrons. The molecule has 0 spiro atoms. The molecular formula is C25H25FN8O5. The molecule has 4 rings (SSSR count). The Labute approximate surface area is 221 Å². The van der Waals surface area contributed by atoms with Crippen LogP contribution in [0.25, 0.3) is 5.95 Å². The maximum atomic E-state index is 14.9. The molecule has 2 heterocycles. The van der Waals surface area contributed by atoms with Crippen molar-refractivity contribution in [3.05, 3.63) is 87.6 Å². The van der Waals surface area contributed by atoms with Crippen molar-refractivity contribution < 1.29 is 23.4 Å². The number of aromatic nitrogens is 5. The van der Waals surface area contributed by atoms with Gasteiger partial charge in [0.2, 0.25) is 0 Å². The minimum atomic E-state index is -0.888. The Hall–Kier alpha value is -5.11. The predicted octanol–water partition coefficient (Wildman–Crippen LogP) is 2.06. The molecule has 14 heteroatoms. The van der Waals surface area contributed by atoms with E-state index in [2.05, 4.69) is 25.4 Å². The fourth-order valence-corrected chi connectivity index (χ4v) is 3.81. The molecule has 202 valence electrons. The highest BCUT2D eigenvalue weighted by Gasteiger charge is 2.25. The number of ether oxygens (including phenoxy) is 3. The number of anilines is 1. The van der Waals surface area contributed by atoms with E-state index in [9.17, 15) is 14.0 Å². The summed E-state index contributed by atoms with van der Waals surface area (Å²) in [5.41, 5.74) is 6.30. The molecule has 0 fully saturated rings. The standard InChI is InChI=1S/C25H25FN8O5/c1-13(35)39-18-11-16(5-6-17(18)22(27)28)31-21(14-9-15(12-37-2)20(26)19(10-14)38-3)23-32-25(36)34(33-23)24-29-7-4-8-30-24/h4-11,21,31H,12H2,1-3H3,(H3,27,28)(H,32,33,36)/t21-/m0/s1. The van der Waals surface area contributed by atoms with E-state index in [1.165, 1.54) is 51.7 Å². The van der Waals surface area contributed by atoms with E-state index in [1.54, 1.807) is 18.2 Å². The van der Waals surface area contributed by atoms with Crippen LogP contribution in [-0.4, -0.2) is 50.8 Å². The molecule has 2 aromatic carbocycles. The first-order chi connectivity index (χ1) is 18.7. The summed E-state index contributed by atoms with van der Waals surface area (Å²) in [7, 11) is 2.76. The fourth-order valence-electron chi connectivity index (χ4n) is 3.81. The summed E-state index contributed by atoms with van der Waals surface area (Å²) in [5, 5.41) is 15.4. The van der Waals surface area contributed by atoms with Crippen molar-refractivity contribution >= 4 is 17.5 Å². The van der Waals surface area contributed by atoms with Crippen LogP contribution in [0.15, 0.2) is 53.6 Å². The summed E-state index contributed by atoms with van der Waals surface area (Å²) in [6.45, 7) is 1.17. The predicted molar refractivity (Wildman–Crippen MR) is 138 cm³/mol. The molecule has 5 N–H and O–H groups in total. The average Bonchev–Trinajstić information content (AvgIpc) is 3.30. The maximum absolute atomic E-state index is 14.9. The molecule has 13 nitrogen and oxygen atoms in total. The molecule has 4 aromatic rings. The van der Waals surface area contributed by atoms with Gasteiger partial charge in [-0.15, -0.1) is 9.78 Å². The molecule has 0 bridgehead atoms. The van der Waals surface area contributed by atoms with E-state index in [-0.39, 0.29) is 46.8 Å². The summed E-state index contributed by atoms with van der Waals surface area (Å²) in [6.07, 6.45) is 2.93. The van der Waals surface area contributed by atoms with Gasteiger partial charge in [0, 0.05) is 43.7 Å². The molecule has 0 aliphatic carbocycles. The highest BCUT2D eigenvalue weighted by Crippen LogP contribution is 2.33. The number of nitrogens with two attached hydrogens (primary N) is 1. The maximum Gasteiger partial charge on any atom is 0.350 e. The Morgan fingerprint density at radius 2 is 1.95 bits per heavy atom. The number of halogens is 1. The fraction of sp³-hybridized carbons (Fsp3) is 0.200. The van der Waals surface area contributed by atoms with Crippen LogP contribution in [0, 0.1) is 11.2 Å². The van der Waals surface area contributed by atoms with Crippen molar-refractivity contribution in [3.63, 3.8) is 0 Å². The zero-order chi connectivity index (χ0) is 28.1. The largest absolute Gasteiger partial charge is 0.494 e. The molecule has 0 amide bonds. The number of carbonyl (C=O) groups is 1. The van der Waals surface area contributed by atoms with Gasteiger partial charge in [-0.1, -0.05) is 0 Å². The smallest absolute Gasteiger partial charge is 0.350 e. The quantitative estimate of drug-likeness (QED) is 0.101. The number of H-pyrrole nitrogens is 1. The number of aromatic amines is 1. The number of hydrogen-bond donors (Lipinski definition) is 4. The molecule has 0 unspecified atom stereocenters. The van der Waals surface area contributed by atoms with Crippen molar-refractivity contribution in [2.24, 2.45) is 5.73 Å². The van der Waals surface area contributed by atoms with Crippen LogP contribution in [0.4, 0.5) is 10.1 Å². The number of rotatable bonds is 10. The van der Waals surface area contributed by atoms with Crippen molar-refractivity contribution in [2.45, 2.75) is 19.6 Å². The number of nitrogens with one attached hydrogen (secondary N) is 3. The van der Waals surface area contributed by atoms with Crippen LogP contribution in [0.5, 0.6) is 11.5 Å². The number of amidine groups is 1. The summed E-state index contributed by atoms with van der Waals surface area (Å²) in [4.78, 5) is 35.3. The van der Waals surface area contributed by atoms with Crippen LogP contribution >= 0.6 is 0 Å². The molecule has 0 aliphatic heterocycles. The number of nitrogens with zero attached hydrogens (tertiary/aromatic N) is 4. The topological polar surface area (TPSA) is 183 Å². The van der Waals surface area contributed by atoms with Crippen LogP contribution in [0.1, 0.15) is 35.5 Å². The van der Waals surface area contributed by atoms with Crippen molar-refractivity contribution in [2.75, 3.05) is 19.5 Å². The summed E-state index contributed by atoms with van der Waals surface area (Å²) in [5.74, 6) is -1.32. The van der Waals surface area contributed by atoms with Gasteiger partial charge in [-0.2, -0.15) is 0 Å². The van der Waals surface area contributed by atoms with E-state index in [1.807, 2.05) is 0 Å². The number of nitrogen functional groups attached to an aromatic ring is 1. The Bertz CT molecular complexity index is 1570. The third-order valence-corrected chi connectivity index (χ3v) is 5.48. The van der Waals surface area contributed by atoms with Gasteiger partial charge in [-0.3, -0.25) is 15.2 Å². The van der Waals surface area contributed by atoms with Gasteiger partial charge in [-0.25, -0.2) is 19.2 Å². The number of esters is 1. The van der Waals surface area contributed by atoms with Crippen LogP contribution in [-0.2, 0) is 16.1 Å². The number of carbonyl (C=O) groups excluding carboxylic acids is 1. The SMILES string of the molecule is COCc1cc([C@H](Nc2ccc(C(=N)N)c(OC(C)=O)c2)c2nn(-c3ncccn3)c(=O)[nH]2)cc(OC)c1F. The second kappa shape index (κ2) is 11.5. The minimum Gasteiger partial charge on any atom is -0.494 e. The third kappa shape index (κ3) is 5.91. The molecule has 0 saturated carbocycles. The second-order valence-electron chi connectivity index (χ2n) is 8.20. The van der Waals surface area contributed by atoms with Crippen LogP contribution in [0.3, 0.4) is 0 Å². The Balaban J connectivity index is 1.87. The normalized spacial score (nSPS) is 11.6. The Morgan fingerprint density at radius 1 is 1.21 bits per heavy atom. The number of hydrogen-bond acceptors (Lipinski definition) is 10. The average molecular weight is 537 g/mol. The number of methoxy groups -OCH3 is 2. The zero-order valence-corrected chi connectivity index (χ0v) is 21.2. The molecule has 39 heavy (non-hydrogen) atoms. The Morgan fingerprint density at radius 3 is 2.59 bits per heavy atom. The molecule has 0 saturated heterocycles. The first-order valence-electron chi connectivity index (χ1n) is 11.5. The highest BCUT2D eigenvalue weighted by atomic mass is 19.1. The van der Waals surface area contributed by atoms with E-state index >= 15 is 0 Å². The van der Waals surface area contributed by atoms with E-state index in [4.69, 9.17) is 25.4 Å². The first-order valence-corrected chi connectivity index (χ1v) is 11.5.